The average Bonchev–Trinajstić information content (AvgIpc) is 3.47. The van der Waals surface area contributed by atoms with Crippen molar-refractivity contribution in [2.24, 2.45) is 0 Å². The van der Waals surface area contributed by atoms with E-state index in [0.717, 1.165) is 10.3 Å². The molecule has 148 valence electrons. The summed E-state index contributed by atoms with van der Waals surface area (Å²) in [6.45, 7) is 0. The number of furan rings is 1. The van der Waals surface area contributed by atoms with E-state index >= 15 is 0 Å². The lowest BCUT2D eigenvalue weighted by Gasteiger charge is -2.00. The van der Waals surface area contributed by atoms with Gasteiger partial charge in [0.15, 0.2) is 5.78 Å². The molecule has 0 aliphatic heterocycles. The summed E-state index contributed by atoms with van der Waals surface area (Å²) in [6, 6.07) is 21.7. The number of allylic oxidation sites excluding steroid dienone is 3. The molecule has 0 saturated heterocycles. The van der Waals surface area contributed by atoms with E-state index in [-0.39, 0.29) is 16.9 Å². The third kappa shape index (κ3) is 3.00. The van der Waals surface area contributed by atoms with Gasteiger partial charge in [0.1, 0.15) is 28.5 Å². The molecule has 7 heteroatoms. The molecular weight excluding hydrogens is 420 g/mol. The Morgan fingerprint density at radius 2 is 1.72 bits per heavy atom. The lowest BCUT2D eigenvalue weighted by Crippen LogP contribution is -1.95. The summed E-state index contributed by atoms with van der Waals surface area (Å²) < 4.78 is 6.66. The summed E-state index contributed by atoms with van der Waals surface area (Å²) in [4.78, 5) is 17.5. The van der Waals surface area contributed by atoms with Crippen molar-refractivity contribution in [2.45, 2.75) is 0 Å². The molecule has 32 heavy (non-hydrogen) atoms. The number of benzene rings is 2. The van der Waals surface area contributed by atoms with Crippen LogP contribution in [0, 0.1) is 34.0 Å². The van der Waals surface area contributed by atoms with E-state index in [4.69, 9.17) is 9.68 Å². The minimum absolute atomic E-state index is 0.113. The SMILES string of the molecule is N#CC(C#N)=C1/C(=C/c2nc3oc(-c4ccc(C#N)cc4)cc3s2)C(=O)c2ccccc21. The highest BCUT2D eigenvalue weighted by atomic mass is 32.1. The fourth-order valence-electron chi connectivity index (χ4n) is 3.63. The van der Waals surface area contributed by atoms with Crippen LogP contribution >= 0.6 is 11.3 Å². The van der Waals surface area contributed by atoms with Crippen LogP contribution in [0.1, 0.15) is 26.5 Å². The maximum atomic E-state index is 13.0. The number of carbonyl (C=O) groups is 1. The topological polar surface area (TPSA) is 114 Å². The van der Waals surface area contributed by atoms with Gasteiger partial charge in [-0.25, -0.2) is 4.98 Å². The second kappa shape index (κ2) is 7.49. The number of hydrogen-bond donors (Lipinski definition) is 0. The zero-order valence-corrected chi connectivity index (χ0v) is 17.1. The van der Waals surface area contributed by atoms with Gasteiger partial charge in [-0.1, -0.05) is 24.3 Å². The normalized spacial score (nSPS) is 13.6. The molecule has 1 aliphatic carbocycles. The Hall–Kier alpha value is -4.77. The third-order valence-corrected chi connectivity index (χ3v) is 6.03. The number of carbonyl (C=O) groups excluding carboxylic acids is 1. The Morgan fingerprint density at radius 3 is 2.38 bits per heavy atom. The second-order valence-corrected chi connectivity index (χ2v) is 7.99. The minimum Gasteiger partial charge on any atom is -0.437 e. The predicted molar refractivity (Wildman–Crippen MR) is 119 cm³/mol. The number of ketones is 1. The van der Waals surface area contributed by atoms with E-state index in [1.807, 2.05) is 18.2 Å². The maximum Gasteiger partial charge on any atom is 0.238 e. The molecule has 4 aromatic rings. The molecule has 2 heterocycles. The van der Waals surface area contributed by atoms with Gasteiger partial charge in [0, 0.05) is 28.3 Å². The van der Waals surface area contributed by atoms with Crippen LogP contribution in [-0.2, 0) is 0 Å². The van der Waals surface area contributed by atoms with Crippen molar-refractivity contribution in [3.63, 3.8) is 0 Å². The van der Waals surface area contributed by atoms with Crippen LogP contribution in [0.25, 0.3) is 33.4 Å². The molecule has 1 aliphatic rings. The number of aromatic nitrogens is 1. The van der Waals surface area contributed by atoms with Gasteiger partial charge in [0.05, 0.1) is 16.3 Å². The van der Waals surface area contributed by atoms with Crippen LogP contribution in [-0.4, -0.2) is 10.8 Å². The van der Waals surface area contributed by atoms with E-state index in [1.54, 1.807) is 54.6 Å². The number of thiazole rings is 1. The highest BCUT2D eigenvalue weighted by molar-refractivity contribution is 7.19. The van der Waals surface area contributed by atoms with E-state index < -0.39 is 0 Å². The van der Waals surface area contributed by atoms with E-state index in [1.165, 1.54) is 11.3 Å². The number of nitriles is 3. The molecule has 0 amide bonds. The van der Waals surface area contributed by atoms with Crippen molar-refractivity contribution in [2.75, 3.05) is 0 Å². The van der Waals surface area contributed by atoms with Crippen molar-refractivity contribution in [1.82, 2.24) is 4.98 Å². The lowest BCUT2D eigenvalue weighted by atomic mass is 10.00. The first-order chi connectivity index (χ1) is 15.6. The molecular formula is C25H10N4O2S. The van der Waals surface area contributed by atoms with Gasteiger partial charge in [0.25, 0.3) is 0 Å². The van der Waals surface area contributed by atoms with Gasteiger partial charge in [-0.3, -0.25) is 4.79 Å². The third-order valence-electron chi connectivity index (χ3n) is 5.10. The average molecular weight is 430 g/mol. The summed E-state index contributed by atoms with van der Waals surface area (Å²) in [5, 5.41) is 28.3. The van der Waals surface area contributed by atoms with Gasteiger partial charge in [-0.05, 0) is 35.9 Å². The Labute approximate surface area is 186 Å². The first kappa shape index (κ1) is 19.2. The molecule has 0 unspecified atom stereocenters. The lowest BCUT2D eigenvalue weighted by molar-refractivity contribution is 0.104. The number of rotatable bonds is 2. The quantitative estimate of drug-likeness (QED) is 0.306. The smallest absolute Gasteiger partial charge is 0.238 e. The molecule has 0 spiro atoms. The van der Waals surface area contributed by atoms with Crippen LogP contribution in [0.15, 0.2) is 70.2 Å². The Bertz CT molecular complexity index is 1570. The highest BCUT2D eigenvalue weighted by Crippen LogP contribution is 2.40. The Kier molecular flexibility index (Phi) is 4.49. The molecule has 0 fully saturated rings. The van der Waals surface area contributed by atoms with Crippen LogP contribution < -0.4 is 0 Å². The van der Waals surface area contributed by atoms with Crippen LogP contribution in [0.5, 0.6) is 0 Å². The molecule has 2 aromatic heterocycles. The number of Topliss-reactive ketones (excluding diaryl/α,β-unsaturated/α-hetero) is 1. The van der Waals surface area contributed by atoms with Crippen molar-refractivity contribution in [3.05, 3.63) is 87.4 Å². The summed E-state index contributed by atoms with van der Waals surface area (Å²) in [5.74, 6) is 0.382. The van der Waals surface area contributed by atoms with E-state index in [0.29, 0.717) is 38.7 Å². The minimum atomic E-state index is -0.247. The fourth-order valence-corrected chi connectivity index (χ4v) is 4.51. The Morgan fingerprint density at radius 1 is 1.00 bits per heavy atom. The molecule has 0 bridgehead atoms. The highest BCUT2D eigenvalue weighted by Gasteiger charge is 2.32. The van der Waals surface area contributed by atoms with Gasteiger partial charge in [0.2, 0.25) is 5.71 Å². The summed E-state index contributed by atoms with van der Waals surface area (Å²) in [7, 11) is 0. The largest absolute Gasteiger partial charge is 0.437 e. The molecule has 0 radical (unpaired) electrons. The second-order valence-electron chi connectivity index (χ2n) is 6.93. The zero-order chi connectivity index (χ0) is 22.2. The van der Waals surface area contributed by atoms with E-state index in [9.17, 15) is 15.3 Å². The Balaban J connectivity index is 1.58. The number of hydrogen-bond acceptors (Lipinski definition) is 7. The van der Waals surface area contributed by atoms with Crippen molar-refractivity contribution in [3.8, 4) is 29.5 Å². The standard InChI is InChI=1S/C25H10N4O2S/c26-11-14-5-7-15(8-6-14)20-10-21-25(31-20)29-22(32-21)9-19-23(16(12-27)13-28)17-3-1-2-4-18(17)24(19)30/h1-10H/b19-9-. The fraction of sp³-hybridized carbons (Fsp3) is 0. The molecule has 2 aromatic carbocycles. The first-order valence-electron chi connectivity index (χ1n) is 9.44. The predicted octanol–water partition coefficient (Wildman–Crippen LogP) is 5.51. The van der Waals surface area contributed by atoms with Crippen LogP contribution in [0.4, 0.5) is 0 Å². The van der Waals surface area contributed by atoms with Gasteiger partial charge in [-0.2, -0.15) is 15.8 Å². The molecule has 0 atom stereocenters. The number of fused-ring (bicyclic) bond motifs is 2. The zero-order valence-electron chi connectivity index (χ0n) is 16.3. The summed E-state index contributed by atoms with van der Waals surface area (Å²) in [5.41, 5.74) is 3.34. The molecule has 5 rings (SSSR count). The summed E-state index contributed by atoms with van der Waals surface area (Å²) in [6.07, 6.45) is 1.61. The van der Waals surface area contributed by atoms with Gasteiger partial charge < -0.3 is 4.42 Å². The van der Waals surface area contributed by atoms with Crippen LogP contribution in [0.2, 0.25) is 0 Å². The molecule has 6 nitrogen and oxygen atoms in total. The van der Waals surface area contributed by atoms with Crippen molar-refractivity contribution in [1.29, 1.82) is 15.8 Å². The van der Waals surface area contributed by atoms with Crippen molar-refractivity contribution >= 4 is 39.2 Å². The van der Waals surface area contributed by atoms with Gasteiger partial charge >= 0.3 is 0 Å². The summed E-state index contributed by atoms with van der Waals surface area (Å²) >= 11 is 1.34. The monoisotopic (exact) mass is 430 g/mol. The van der Waals surface area contributed by atoms with E-state index in [2.05, 4.69) is 11.1 Å². The first-order valence-corrected chi connectivity index (χ1v) is 10.3. The van der Waals surface area contributed by atoms with Crippen molar-refractivity contribution < 1.29 is 9.21 Å². The number of nitrogens with zero attached hydrogens (tertiary/aromatic N) is 4. The molecule has 0 N–H and O–H groups in total. The maximum absolute atomic E-state index is 13.0. The van der Waals surface area contributed by atoms with Gasteiger partial charge in [-0.15, -0.1) is 11.3 Å². The molecule has 0 saturated carbocycles. The van der Waals surface area contributed by atoms with Crippen LogP contribution in [0.3, 0.4) is 0 Å².